The first-order valence-corrected chi connectivity index (χ1v) is 15.6. The normalized spacial score (nSPS) is 10.9. The molecule has 0 saturated carbocycles. The molecule has 0 amide bonds. The summed E-state index contributed by atoms with van der Waals surface area (Å²) in [6.07, 6.45) is 2.78. The van der Waals surface area contributed by atoms with E-state index < -0.39 is 24.2 Å². The van der Waals surface area contributed by atoms with Crippen molar-refractivity contribution in [2.24, 2.45) is 0 Å². The fourth-order valence-electron chi connectivity index (χ4n) is 1.29. The van der Waals surface area contributed by atoms with Crippen molar-refractivity contribution in [2.45, 2.75) is 48.4 Å². The Balaban J connectivity index is 0.000000631. The molecule has 0 bridgehead atoms. The second kappa shape index (κ2) is 9.62. The fraction of sp³-hybridized carbons (Fsp3) is 0.571. The van der Waals surface area contributed by atoms with Crippen LogP contribution in [0.3, 0.4) is 0 Å². The zero-order valence-electron chi connectivity index (χ0n) is 12.0. The molecule has 4 heteroatoms. The number of unbranched alkanes of at least 4 members (excludes halogenated alkanes) is 2. The number of hydrogen-bond donors (Lipinski definition) is 0. The van der Waals surface area contributed by atoms with Crippen LogP contribution in [0.1, 0.15) is 26.2 Å². The van der Waals surface area contributed by atoms with Gasteiger partial charge in [0.1, 0.15) is 0 Å². The van der Waals surface area contributed by atoms with Crippen LogP contribution >= 0.6 is 0 Å². The Labute approximate surface area is 117 Å². The third-order valence-electron chi connectivity index (χ3n) is 2.12. The second-order valence-electron chi connectivity index (χ2n) is 5.07. The van der Waals surface area contributed by atoms with E-state index in [9.17, 15) is 8.42 Å². The molecule has 0 spiro atoms. The number of hydrogen-bond acceptors (Lipinski definition) is 2. The summed E-state index contributed by atoms with van der Waals surface area (Å²) < 4.78 is 23.4. The molecule has 0 aliphatic heterocycles. The molecule has 0 unspecified atom stereocenters. The van der Waals surface area contributed by atoms with E-state index in [0.29, 0.717) is 4.90 Å². The molecule has 0 aliphatic carbocycles. The van der Waals surface area contributed by atoms with Crippen LogP contribution in [-0.4, -0.2) is 28.5 Å². The van der Waals surface area contributed by atoms with Crippen LogP contribution < -0.4 is 0 Å². The van der Waals surface area contributed by atoms with Crippen molar-refractivity contribution >= 4 is 24.2 Å². The van der Waals surface area contributed by atoms with Gasteiger partial charge >= 0.3 is 31.6 Å². The third-order valence-corrected chi connectivity index (χ3v) is 3.94. The van der Waals surface area contributed by atoms with Crippen molar-refractivity contribution < 1.29 is 8.42 Å². The van der Waals surface area contributed by atoms with Gasteiger partial charge in [-0.05, 0) is 18.6 Å². The topological polar surface area (TPSA) is 34.1 Å². The van der Waals surface area contributed by atoms with E-state index in [1.54, 1.807) is 24.3 Å². The molecule has 0 aromatic heterocycles. The van der Waals surface area contributed by atoms with Crippen molar-refractivity contribution in [2.75, 3.05) is 5.75 Å². The second-order valence-corrected chi connectivity index (χ2v) is 14.4. The van der Waals surface area contributed by atoms with Gasteiger partial charge in [0.2, 0.25) is 0 Å². The van der Waals surface area contributed by atoms with Gasteiger partial charge in [-0.3, -0.25) is 0 Å². The van der Waals surface area contributed by atoms with E-state index in [0.717, 1.165) is 19.3 Å². The van der Waals surface area contributed by atoms with E-state index in [4.69, 9.17) is 0 Å². The molecule has 0 heterocycles. The molecule has 0 aliphatic rings. The van der Waals surface area contributed by atoms with Gasteiger partial charge in [-0.15, -0.1) is 0 Å². The fourth-order valence-corrected chi connectivity index (χ4v) is 2.68. The molecule has 1 rings (SSSR count). The summed E-state index contributed by atoms with van der Waals surface area (Å²) >= 11 is -0.479. The average Bonchev–Trinajstić information content (AvgIpc) is 2.30. The summed E-state index contributed by atoms with van der Waals surface area (Å²) in [5.74, 6) is 7.33. The van der Waals surface area contributed by atoms with Crippen LogP contribution in [-0.2, 0) is 9.84 Å². The Morgan fingerprint density at radius 3 is 1.94 bits per heavy atom. The molecule has 0 radical (unpaired) electrons. The maximum absolute atomic E-state index is 11.7. The number of rotatable bonds is 5. The van der Waals surface area contributed by atoms with Crippen molar-refractivity contribution in [3.05, 3.63) is 30.3 Å². The summed E-state index contributed by atoms with van der Waals surface area (Å²) in [6, 6.07) is 8.65. The van der Waals surface area contributed by atoms with Gasteiger partial charge in [-0.2, -0.15) is 0 Å². The van der Waals surface area contributed by atoms with Crippen LogP contribution in [0.15, 0.2) is 35.2 Å². The molecule has 18 heavy (non-hydrogen) atoms. The molecular formula is C14H26GeO2S. The van der Waals surface area contributed by atoms with Crippen LogP contribution in [0.2, 0.25) is 17.3 Å². The Kier molecular flexibility index (Phi) is 9.46. The first kappa shape index (κ1) is 17.7. The summed E-state index contributed by atoms with van der Waals surface area (Å²) in [5, 5.41) is 0. The number of benzene rings is 1. The first-order valence-electron chi connectivity index (χ1n) is 6.68. The van der Waals surface area contributed by atoms with Crippen LogP contribution in [0.4, 0.5) is 0 Å². The van der Waals surface area contributed by atoms with Crippen LogP contribution in [0.5, 0.6) is 0 Å². The molecular weight excluding hydrogens is 305 g/mol. The number of sulfone groups is 1. The van der Waals surface area contributed by atoms with Crippen molar-refractivity contribution in [3.63, 3.8) is 0 Å². The Hall–Kier alpha value is -0.287. The van der Waals surface area contributed by atoms with E-state index >= 15 is 0 Å². The molecule has 0 saturated heterocycles. The molecule has 104 valence electrons. The maximum atomic E-state index is 11.7. The van der Waals surface area contributed by atoms with Gasteiger partial charge < -0.3 is 0 Å². The molecule has 0 fully saturated rings. The Morgan fingerprint density at radius 2 is 1.50 bits per heavy atom. The standard InChI is InChI=1S/C11H16O2S.C3H10Ge/c1-2-3-7-10-14(12,13)11-8-5-4-6-9-11;1-4(2)3/h4-6,8-9H,2-3,7,10H2,1H3;4H,1-3H3. The Bertz CT molecular complexity index is 396. The van der Waals surface area contributed by atoms with Gasteiger partial charge in [0, 0.05) is 0 Å². The Morgan fingerprint density at radius 1 is 1.00 bits per heavy atom. The summed E-state index contributed by atoms with van der Waals surface area (Å²) in [6.45, 7) is 2.06. The molecule has 0 atom stereocenters. The summed E-state index contributed by atoms with van der Waals surface area (Å²) in [4.78, 5) is 0.441. The van der Waals surface area contributed by atoms with E-state index in [-0.39, 0.29) is 5.75 Å². The monoisotopic (exact) mass is 332 g/mol. The van der Waals surface area contributed by atoms with Gasteiger partial charge in [-0.25, -0.2) is 8.42 Å². The quantitative estimate of drug-likeness (QED) is 0.608. The minimum atomic E-state index is -3.03. The van der Waals surface area contributed by atoms with Crippen molar-refractivity contribution in [3.8, 4) is 0 Å². The summed E-state index contributed by atoms with van der Waals surface area (Å²) in [7, 11) is -3.03. The zero-order chi connectivity index (χ0) is 14.0. The molecule has 1 aromatic carbocycles. The third kappa shape index (κ3) is 8.75. The van der Waals surface area contributed by atoms with Gasteiger partial charge in [-0.1, -0.05) is 38.0 Å². The minimum absolute atomic E-state index is 0.269. The zero-order valence-corrected chi connectivity index (χ0v) is 15.3. The van der Waals surface area contributed by atoms with Crippen molar-refractivity contribution in [1.82, 2.24) is 0 Å². The van der Waals surface area contributed by atoms with Crippen LogP contribution in [0.25, 0.3) is 0 Å². The van der Waals surface area contributed by atoms with Gasteiger partial charge in [0.25, 0.3) is 0 Å². The predicted octanol–water partition coefficient (Wildman–Crippen LogP) is 3.75. The van der Waals surface area contributed by atoms with E-state index in [2.05, 4.69) is 24.2 Å². The van der Waals surface area contributed by atoms with E-state index in [1.807, 2.05) is 6.07 Å². The van der Waals surface area contributed by atoms with Crippen LogP contribution in [0, 0.1) is 0 Å². The molecule has 1 aromatic rings. The molecule has 0 N–H and O–H groups in total. The SMILES string of the molecule is CCCCCS(=O)(=O)c1ccccc1.[CH3][GeH]([CH3])[CH3]. The van der Waals surface area contributed by atoms with Crippen molar-refractivity contribution in [1.29, 1.82) is 0 Å². The van der Waals surface area contributed by atoms with Gasteiger partial charge in [0.15, 0.2) is 9.84 Å². The average molecular weight is 331 g/mol. The first-order chi connectivity index (χ1) is 8.40. The molecule has 2 nitrogen and oxygen atoms in total. The predicted molar refractivity (Wildman–Crippen MR) is 82.8 cm³/mol. The van der Waals surface area contributed by atoms with Gasteiger partial charge in [0.05, 0.1) is 10.6 Å². The van der Waals surface area contributed by atoms with E-state index in [1.165, 1.54) is 0 Å². The summed E-state index contributed by atoms with van der Waals surface area (Å²) in [5.41, 5.74) is 0.